The zero-order chi connectivity index (χ0) is 14.3. The molecule has 0 saturated heterocycles. The topological polar surface area (TPSA) is 102 Å². The summed E-state index contributed by atoms with van der Waals surface area (Å²) in [6.07, 6.45) is 0. The first-order valence-electron chi connectivity index (χ1n) is 5.59. The van der Waals surface area contributed by atoms with E-state index < -0.39 is 17.5 Å². The molecule has 7 nitrogen and oxygen atoms in total. The molecule has 0 saturated carbocycles. The number of carboxylic acids is 1. The number of carbonyl (C=O) groups is 1. The molecule has 20 heavy (non-hydrogen) atoms. The van der Waals surface area contributed by atoms with Gasteiger partial charge in [0, 0.05) is 12.1 Å². The Morgan fingerprint density at radius 2 is 2.05 bits per heavy atom. The molecule has 0 atom stereocenters. The highest BCUT2D eigenvalue weighted by atomic mass is 19.1. The van der Waals surface area contributed by atoms with E-state index >= 15 is 0 Å². The molecular formula is C12H8FNO6. The molecule has 0 amide bonds. The molecule has 2 N–H and O–H groups in total. The number of rotatable bonds is 2. The quantitative estimate of drug-likeness (QED) is 0.862. The lowest BCUT2D eigenvalue weighted by Crippen LogP contribution is -2.16. The average molecular weight is 281 g/mol. The van der Waals surface area contributed by atoms with E-state index in [1.807, 2.05) is 0 Å². The Labute approximate surface area is 111 Å². The molecule has 3 rings (SSSR count). The predicted molar refractivity (Wildman–Crippen MR) is 61.5 cm³/mol. The molecule has 1 aliphatic rings. The van der Waals surface area contributed by atoms with Crippen LogP contribution in [0.2, 0.25) is 0 Å². The summed E-state index contributed by atoms with van der Waals surface area (Å²) in [6.45, 7) is 0.457. The van der Waals surface area contributed by atoms with Crippen LogP contribution < -0.4 is 9.47 Å². The van der Waals surface area contributed by atoms with Crippen LogP contribution in [0.4, 0.5) is 4.39 Å². The molecule has 2 aromatic rings. The molecule has 0 fully saturated rings. The molecule has 0 radical (unpaired) electrons. The Hall–Kier alpha value is -2.77. The zero-order valence-corrected chi connectivity index (χ0v) is 9.92. The van der Waals surface area contributed by atoms with Gasteiger partial charge in [-0.3, -0.25) is 0 Å². The fourth-order valence-corrected chi connectivity index (χ4v) is 1.86. The van der Waals surface area contributed by atoms with Gasteiger partial charge in [0.25, 0.3) is 0 Å². The van der Waals surface area contributed by atoms with E-state index in [0.717, 1.165) is 12.1 Å². The van der Waals surface area contributed by atoms with Crippen LogP contribution in [-0.4, -0.2) is 34.6 Å². The summed E-state index contributed by atoms with van der Waals surface area (Å²) in [5.74, 6) is -2.94. The highest BCUT2D eigenvalue weighted by Crippen LogP contribution is 2.45. The fourth-order valence-electron chi connectivity index (χ4n) is 1.86. The average Bonchev–Trinajstić information content (AvgIpc) is 2.90. The fraction of sp³-hybridized carbons (Fsp3) is 0.167. The predicted octanol–water partition coefficient (Wildman–Crippen LogP) is 1.66. The third-order valence-corrected chi connectivity index (χ3v) is 2.73. The summed E-state index contributed by atoms with van der Waals surface area (Å²) in [7, 11) is 0. The number of aromatic carboxylic acids is 1. The van der Waals surface area contributed by atoms with Gasteiger partial charge in [-0.2, -0.15) is 0 Å². The van der Waals surface area contributed by atoms with E-state index in [0.29, 0.717) is 0 Å². The number of fused-ring (bicyclic) bond motifs is 1. The van der Waals surface area contributed by atoms with E-state index in [1.54, 1.807) is 0 Å². The first-order valence-corrected chi connectivity index (χ1v) is 5.59. The van der Waals surface area contributed by atoms with Crippen LogP contribution >= 0.6 is 0 Å². The minimum absolute atomic E-state index is 0.0413. The maximum Gasteiger partial charge on any atom is 0.358 e. The van der Waals surface area contributed by atoms with Gasteiger partial charge in [-0.05, 0) is 0 Å². The van der Waals surface area contributed by atoms with Gasteiger partial charge in [-0.25, -0.2) is 9.18 Å². The SMILES string of the molecule is O=C(O)c1cc(-c2c(F)c(O)cc3c2OCCO3)on1. The molecule has 1 aliphatic heterocycles. The number of hydrogen-bond acceptors (Lipinski definition) is 6. The van der Waals surface area contributed by atoms with Crippen molar-refractivity contribution in [2.75, 3.05) is 13.2 Å². The number of phenols is 1. The smallest absolute Gasteiger partial charge is 0.358 e. The first-order chi connectivity index (χ1) is 9.58. The zero-order valence-electron chi connectivity index (χ0n) is 9.92. The molecule has 0 bridgehead atoms. The first kappa shape index (κ1) is 12.3. The summed E-state index contributed by atoms with van der Waals surface area (Å²) >= 11 is 0. The third-order valence-electron chi connectivity index (χ3n) is 2.73. The van der Waals surface area contributed by atoms with Crippen molar-refractivity contribution in [3.63, 3.8) is 0 Å². The van der Waals surface area contributed by atoms with Crippen LogP contribution in [0.5, 0.6) is 17.2 Å². The van der Waals surface area contributed by atoms with Gasteiger partial charge in [0.1, 0.15) is 18.8 Å². The number of hydrogen-bond donors (Lipinski definition) is 2. The summed E-state index contributed by atoms with van der Waals surface area (Å²) in [6, 6.07) is 2.13. The van der Waals surface area contributed by atoms with Gasteiger partial charge in [-0.15, -0.1) is 0 Å². The minimum atomic E-state index is -1.31. The summed E-state index contributed by atoms with van der Waals surface area (Å²) in [4.78, 5) is 10.8. The number of benzene rings is 1. The molecule has 8 heteroatoms. The molecule has 0 aliphatic carbocycles. The van der Waals surface area contributed by atoms with Crippen molar-refractivity contribution < 1.29 is 33.4 Å². The van der Waals surface area contributed by atoms with Gasteiger partial charge in [0.2, 0.25) is 0 Å². The summed E-state index contributed by atoms with van der Waals surface area (Å²) < 4.78 is 29.4. The highest BCUT2D eigenvalue weighted by molar-refractivity contribution is 5.87. The van der Waals surface area contributed by atoms with Crippen molar-refractivity contribution in [1.29, 1.82) is 0 Å². The molecule has 0 unspecified atom stereocenters. The summed E-state index contributed by atoms with van der Waals surface area (Å²) in [5.41, 5.74) is -0.604. The number of ether oxygens (including phenoxy) is 2. The van der Waals surface area contributed by atoms with E-state index in [2.05, 4.69) is 5.16 Å². The van der Waals surface area contributed by atoms with Crippen molar-refractivity contribution in [2.24, 2.45) is 0 Å². The Bertz CT molecular complexity index is 695. The molecule has 1 aromatic heterocycles. The molecule has 104 valence electrons. The van der Waals surface area contributed by atoms with Crippen molar-refractivity contribution in [2.45, 2.75) is 0 Å². The lowest BCUT2D eigenvalue weighted by molar-refractivity contribution is 0.0686. The van der Waals surface area contributed by atoms with Gasteiger partial charge in [-0.1, -0.05) is 5.16 Å². The van der Waals surface area contributed by atoms with Crippen molar-refractivity contribution in [1.82, 2.24) is 5.16 Å². The largest absolute Gasteiger partial charge is 0.505 e. The lowest BCUT2D eigenvalue weighted by Gasteiger charge is -2.20. The van der Waals surface area contributed by atoms with E-state index in [9.17, 15) is 14.3 Å². The van der Waals surface area contributed by atoms with E-state index in [4.69, 9.17) is 19.1 Å². The maximum atomic E-state index is 14.1. The van der Waals surface area contributed by atoms with Crippen molar-refractivity contribution >= 4 is 5.97 Å². The lowest BCUT2D eigenvalue weighted by atomic mass is 10.1. The molecule has 1 aromatic carbocycles. The molecular weight excluding hydrogens is 273 g/mol. The van der Waals surface area contributed by atoms with Crippen LogP contribution in [0.15, 0.2) is 16.7 Å². The van der Waals surface area contributed by atoms with Gasteiger partial charge in [0.05, 0.1) is 0 Å². The number of halogens is 1. The number of aromatic hydroxyl groups is 1. The Kier molecular flexibility index (Phi) is 2.70. The standard InChI is InChI=1S/C12H8FNO6/c13-10-6(15)4-8-11(19-2-1-18-8)9(10)7-3-5(12(16)17)14-20-7/h3-4,15H,1-2H2,(H,16,17). The number of nitrogens with zero attached hydrogens (tertiary/aromatic N) is 1. The minimum Gasteiger partial charge on any atom is -0.505 e. The highest BCUT2D eigenvalue weighted by Gasteiger charge is 2.27. The van der Waals surface area contributed by atoms with Gasteiger partial charge < -0.3 is 24.2 Å². The second kappa shape index (κ2) is 4.41. The number of phenolic OH excluding ortho intramolecular Hbond substituents is 1. The number of aromatic nitrogens is 1. The molecule has 0 spiro atoms. The van der Waals surface area contributed by atoms with Crippen LogP contribution in [-0.2, 0) is 0 Å². The monoisotopic (exact) mass is 281 g/mol. The normalized spacial score (nSPS) is 13.2. The molecule has 2 heterocycles. The maximum absolute atomic E-state index is 14.1. The Morgan fingerprint density at radius 3 is 2.75 bits per heavy atom. The van der Waals surface area contributed by atoms with Gasteiger partial charge in [0.15, 0.2) is 34.5 Å². The van der Waals surface area contributed by atoms with E-state index in [1.165, 1.54) is 0 Å². The van der Waals surface area contributed by atoms with E-state index in [-0.39, 0.29) is 41.7 Å². The third kappa shape index (κ3) is 1.81. The van der Waals surface area contributed by atoms with Crippen LogP contribution in [0.25, 0.3) is 11.3 Å². The van der Waals surface area contributed by atoms with Crippen molar-refractivity contribution in [3.8, 4) is 28.6 Å². The van der Waals surface area contributed by atoms with Crippen molar-refractivity contribution in [3.05, 3.63) is 23.6 Å². The second-order valence-electron chi connectivity index (χ2n) is 3.99. The van der Waals surface area contributed by atoms with Crippen LogP contribution in [0, 0.1) is 5.82 Å². The van der Waals surface area contributed by atoms with Gasteiger partial charge >= 0.3 is 5.97 Å². The Morgan fingerprint density at radius 1 is 1.30 bits per heavy atom. The Balaban J connectivity index is 2.20. The second-order valence-corrected chi connectivity index (χ2v) is 3.99. The summed E-state index contributed by atoms with van der Waals surface area (Å²) in [5, 5.41) is 21.6. The van der Waals surface area contributed by atoms with Crippen LogP contribution in [0.3, 0.4) is 0 Å². The van der Waals surface area contributed by atoms with Crippen LogP contribution in [0.1, 0.15) is 10.5 Å². The number of carboxylic acid groups (broad SMARTS) is 1.